The molecule has 9 heteroatoms. The Kier molecular flexibility index (Phi) is 3.79. The van der Waals surface area contributed by atoms with Crippen LogP contribution in [0.15, 0.2) is 12.1 Å². The molecule has 0 saturated carbocycles. The van der Waals surface area contributed by atoms with Crippen LogP contribution in [0.4, 0.5) is 17.6 Å². The average molecular weight is 321 g/mol. The summed E-state index contributed by atoms with van der Waals surface area (Å²) in [4.78, 5) is 10.9. The van der Waals surface area contributed by atoms with E-state index in [1.165, 1.54) is 0 Å². The van der Waals surface area contributed by atoms with E-state index in [1.54, 1.807) is 13.8 Å². The molecule has 2 aromatic rings. The Morgan fingerprint density at radius 2 is 2.00 bits per heavy atom. The van der Waals surface area contributed by atoms with E-state index in [2.05, 4.69) is 5.10 Å². The minimum Gasteiger partial charge on any atom is -0.365 e. The van der Waals surface area contributed by atoms with Crippen molar-refractivity contribution in [2.24, 2.45) is 5.73 Å². The summed E-state index contributed by atoms with van der Waals surface area (Å²) in [5.41, 5.74) is 3.90. The zero-order valence-corrected chi connectivity index (χ0v) is 11.8. The maximum absolute atomic E-state index is 13.9. The molecule has 0 spiro atoms. The molecule has 0 saturated heterocycles. The van der Waals surface area contributed by atoms with Gasteiger partial charge in [0.05, 0.1) is 15.4 Å². The third-order valence-electron chi connectivity index (χ3n) is 2.68. The van der Waals surface area contributed by atoms with Crippen molar-refractivity contribution in [2.45, 2.75) is 26.1 Å². The van der Waals surface area contributed by atoms with Crippen LogP contribution in [0.3, 0.4) is 0 Å². The van der Waals surface area contributed by atoms with Crippen molar-refractivity contribution in [1.29, 1.82) is 0 Å². The van der Waals surface area contributed by atoms with Gasteiger partial charge in [0.2, 0.25) is 0 Å². The Balaban J connectivity index is 2.62. The van der Waals surface area contributed by atoms with Gasteiger partial charge in [-0.2, -0.15) is 18.3 Å². The zero-order chi connectivity index (χ0) is 15.9. The monoisotopic (exact) mass is 321 g/mol. The summed E-state index contributed by atoms with van der Waals surface area (Å²) in [6, 6.07) is 1.27. The summed E-state index contributed by atoms with van der Waals surface area (Å²) in [6.45, 7) is 3.24. The quantitative estimate of drug-likeness (QED) is 0.880. The van der Waals surface area contributed by atoms with Crippen molar-refractivity contribution in [2.75, 3.05) is 0 Å². The second kappa shape index (κ2) is 5.14. The number of hydrogen-bond donors (Lipinski definition) is 1. The van der Waals surface area contributed by atoms with Crippen LogP contribution in [0, 0.1) is 5.82 Å². The highest BCUT2D eigenvalue weighted by Gasteiger charge is 2.36. The number of carbonyl (C=O) groups is 1. The molecule has 4 nitrogen and oxygen atoms in total. The minimum absolute atomic E-state index is 0.0349. The lowest BCUT2D eigenvalue weighted by Gasteiger charge is -2.09. The first-order valence-electron chi connectivity index (χ1n) is 5.87. The molecule has 0 unspecified atom stereocenters. The van der Waals surface area contributed by atoms with Crippen molar-refractivity contribution >= 4 is 17.2 Å². The molecule has 0 aliphatic heterocycles. The van der Waals surface area contributed by atoms with E-state index in [1.807, 2.05) is 0 Å². The van der Waals surface area contributed by atoms with Crippen LogP contribution < -0.4 is 5.73 Å². The number of thiophene rings is 1. The van der Waals surface area contributed by atoms with E-state index in [9.17, 15) is 22.4 Å². The molecule has 1 amide bonds. The lowest BCUT2D eigenvalue weighted by molar-refractivity contribution is -0.141. The summed E-state index contributed by atoms with van der Waals surface area (Å²) in [5, 5.41) is 3.47. The molecule has 21 heavy (non-hydrogen) atoms. The van der Waals surface area contributed by atoms with Crippen LogP contribution in [-0.4, -0.2) is 15.7 Å². The summed E-state index contributed by atoms with van der Waals surface area (Å²) in [5.74, 6) is -1.64. The third kappa shape index (κ3) is 2.92. The van der Waals surface area contributed by atoms with Gasteiger partial charge in [-0.05, 0) is 26.0 Å². The first-order chi connectivity index (χ1) is 9.61. The van der Waals surface area contributed by atoms with Gasteiger partial charge in [0.15, 0.2) is 5.69 Å². The highest BCUT2D eigenvalue weighted by Crippen LogP contribution is 2.37. The zero-order valence-electron chi connectivity index (χ0n) is 11.0. The van der Waals surface area contributed by atoms with E-state index in [0.29, 0.717) is 11.3 Å². The van der Waals surface area contributed by atoms with Crippen molar-refractivity contribution in [1.82, 2.24) is 9.78 Å². The Morgan fingerprint density at radius 1 is 1.38 bits per heavy atom. The highest BCUT2D eigenvalue weighted by atomic mass is 32.1. The SMILES string of the molecule is CC(C)n1nc(C(F)(F)F)cc1-c1sc(C(N)=O)cc1F. The van der Waals surface area contributed by atoms with Crippen molar-refractivity contribution in [3.63, 3.8) is 0 Å². The van der Waals surface area contributed by atoms with E-state index in [0.717, 1.165) is 16.8 Å². The Bertz CT molecular complexity index is 687. The average Bonchev–Trinajstić information content (AvgIpc) is 2.90. The van der Waals surface area contributed by atoms with Gasteiger partial charge in [0.25, 0.3) is 5.91 Å². The predicted molar refractivity (Wildman–Crippen MR) is 69.4 cm³/mol. The largest absolute Gasteiger partial charge is 0.435 e. The van der Waals surface area contributed by atoms with Crippen molar-refractivity contribution in [3.05, 3.63) is 28.5 Å². The fourth-order valence-electron chi connectivity index (χ4n) is 1.76. The standard InChI is InChI=1S/C12H11F4N3OS/c1-5(2)19-7(4-9(18-19)12(14,15)16)10-6(13)3-8(21-10)11(17)20/h3-5H,1-2H3,(H2,17,20). The van der Waals surface area contributed by atoms with E-state index in [-0.39, 0.29) is 15.4 Å². The number of amides is 1. The normalized spacial score (nSPS) is 12.1. The van der Waals surface area contributed by atoms with Gasteiger partial charge >= 0.3 is 6.18 Å². The first-order valence-corrected chi connectivity index (χ1v) is 6.69. The van der Waals surface area contributed by atoms with E-state index < -0.39 is 29.6 Å². The molecule has 0 aromatic carbocycles. The number of rotatable bonds is 3. The molecule has 0 atom stereocenters. The molecule has 0 aliphatic carbocycles. The van der Waals surface area contributed by atoms with Crippen molar-refractivity contribution in [3.8, 4) is 10.6 Å². The predicted octanol–water partition coefficient (Wildman–Crippen LogP) is 3.45. The maximum atomic E-state index is 13.9. The molecule has 114 valence electrons. The van der Waals surface area contributed by atoms with Gasteiger partial charge in [0.1, 0.15) is 5.82 Å². The molecule has 2 rings (SSSR count). The Morgan fingerprint density at radius 3 is 2.43 bits per heavy atom. The highest BCUT2D eigenvalue weighted by molar-refractivity contribution is 7.17. The molecular weight excluding hydrogens is 310 g/mol. The number of halogens is 4. The first kappa shape index (κ1) is 15.5. The number of nitrogens with two attached hydrogens (primary N) is 1. The number of aromatic nitrogens is 2. The van der Waals surface area contributed by atoms with Gasteiger partial charge in [0, 0.05) is 6.04 Å². The van der Waals surface area contributed by atoms with Gasteiger partial charge in [-0.25, -0.2) is 4.39 Å². The fraction of sp³-hybridized carbons (Fsp3) is 0.333. The second-order valence-corrected chi connectivity index (χ2v) is 5.66. The van der Waals surface area contributed by atoms with Crippen LogP contribution in [-0.2, 0) is 6.18 Å². The molecule has 0 radical (unpaired) electrons. The summed E-state index contributed by atoms with van der Waals surface area (Å²) >= 11 is 0.699. The van der Waals surface area contributed by atoms with Crippen LogP contribution in [0.1, 0.15) is 35.3 Å². The van der Waals surface area contributed by atoms with Crippen LogP contribution in [0.5, 0.6) is 0 Å². The molecular formula is C12H11F4N3OS. The van der Waals surface area contributed by atoms with E-state index >= 15 is 0 Å². The van der Waals surface area contributed by atoms with Gasteiger partial charge in [-0.3, -0.25) is 9.48 Å². The smallest absolute Gasteiger partial charge is 0.365 e. The number of hydrogen-bond acceptors (Lipinski definition) is 3. The molecule has 0 bridgehead atoms. The number of nitrogens with zero attached hydrogens (tertiary/aromatic N) is 2. The fourth-order valence-corrected chi connectivity index (χ4v) is 2.66. The van der Waals surface area contributed by atoms with Gasteiger partial charge in [-0.15, -0.1) is 11.3 Å². The Hall–Kier alpha value is -1.90. The minimum atomic E-state index is -4.63. The lowest BCUT2D eigenvalue weighted by atomic mass is 10.2. The number of carbonyl (C=O) groups excluding carboxylic acids is 1. The summed E-state index contributed by atoms with van der Waals surface area (Å²) in [7, 11) is 0. The number of primary amides is 1. The molecule has 2 N–H and O–H groups in total. The summed E-state index contributed by atoms with van der Waals surface area (Å²) < 4.78 is 53.2. The van der Waals surface area contributed by atoms with Crippen molar-refractivity contribution < 1.29 is 22.4 Å². The topological polar surface area (TPSA) is 60.9 Å². The summed E-state index contributed by atoms with van der Waals surface area (Å²) in [6.07, 6.45) is -4.63. The maximum Gasteiger partial charge on any atom is 0.435 e. The molecule has 2 heterocycles. The van der Waals surface area contributed by atoms with Crippen LogP contribution >= 0.6 is 11.3 Å². The third-order valence-corrected chi connectivity index (χ3v) is 3.82. The lowest BCUT2D eigenvalue weighted by Crippen LogP contribution is -2.09. The van der Waals surface area contributed by atoms with Crippen LogP contribution in [0.2, 0.25) is 0 Å². The number of alkyl halides is 3. The van der Waals surface area contributed by atoms with Crippen LogP contribution in [0.25, 0.3) is 10.6 Å². The second-order valence-electron chi connectivity index (χ2n) is 4.60. The molecule has 0 fully saturated rings. The van der Waals surface area contributed by atoms with Gasteiger partial charge < -0.3 is 5.73 Å². The Labute approximate surface area is 121 Å². The molecule has 2 aromatic heterocycles. The van der Waals surface area contributed by atoms with Gasteiger partial charge in [-0.1, -0.05) is 0 Å². The molecule has 0 aliphatic rings. The van der Waals surface area contributed by atoms with E-state index in [4.69, 9.17) is 5.73 Å².